The van der Waals surface area contributed by atoms with Gasteiger partial charge in [-0.15, -0.1) is 0 Å². The zero-order valence-electron chi connectivity index (χ0n) is 12.3. The first-order chi connectivity index (χ1) is 11.2. The summed E-state index contributed by atoms with van der Waals surface area (Å²) in [6, 6.07) is 17.4. The molecule has 116 valence electrons. The zero-order valence-corrected chi connectivity index (χ0v) is 12.3. The maximum Gasteiger partial charge on any atom is 0.239 e. The largest absolute Gasteiger partial charge is 0.293 e. The summed E-state index contributed by atoms with van der Waals surface area (Å²) >= 11 is 0. The summed E-state index contributed by atoms with van der Waals surface area (Å²) in [7, 11) is 0. The van der Waals surface area contributed by atoms with Crippen LogP contribution < -0.4 is 0 Å². The van der Waals surface area contributed by atoms with Crippen LogP contribution in [0.1, 0.15) is 28.3 Å². The van der Waals surface area contributed by atoms with E-state index in [0.29, 0.717) is 16.6 Å². The summed E-state index contributed by atoms with van der Waals surface area (Å²) in [5, 5.41) is 0.741. The minimum atomic E-state index is -2.56. The van der Waals surface area contributed by atoms with E-state index in [9.17, 15) is 13.6 Å². The smallest absolute Gasteiger partial charge is 0.239 e. The molecule has 0 aliphatic carbocycles. The molecule has 1 atom stereocenters. The first-order valence-electron chi connectivity index (χ1n) is 7.38. The lowest BCUT2D eigenvalue weighted by molar-refractivity contribution is 0.0862. The molecule has 0 amide bonds. The third-order valence-corrected chi connectivity index (χ3v) is 3.84. The molecule has 23 heavy (non-hydrogen) atoms. The van der Waals surface area contributed by atoms with E-state index in [0.717, 1.165) is 5.39 Å². The molecule has 1 aromatic heterocycles. The van der Waals surface area contributed by atoms with Crippen molar-refractivity contribution in [2.24, 2.45) is 0 Å². The lowest BCUT2D eigenvalue weighted by Crippen LogP contribution is -2.16. The molecule has 1 heterocycles. The Kier molecular flexibility index (Phi) is 4.42. The molecule has 0 saturated carbocycles. The lowest BCUT2D eigenvalue weighted by atomic mass is 9.86. The Morgan fingerprint density at radius 3 is 2.48 bits per heavy atom. The molecule has 1 unspecified atom stereocenters. The highest BCUT2D eigenvalue weighted by Crippen LogP contribution is 2.32. The third-order valence-electron chi connectivity index (χ3n) is 3.84. The molecule has 0 aliphatic rings. The zero-order chi connectivity index (χ0) is 16.2. The monoisotopic (exact) mass is 311 g/mol. The summed E-state index contributed by atoms with van der Waals surface area (Å²) in [5.41, 5.74) is 1.74. The van der Waals surface area contributed by atoms with Crippen molar-refractivity contribution in [3.63, 3.8) is 0 Å². The van der Waals surface area contributed by atoms with Crippen molar-refractivity contribution in [1.29, 1.82) is 0 Å². The van der Waals surface area contributed by atoms with Gasteiger partial charge >= 0.3 is 0 Å². The van der Waals surface area contributed by atoms with Crippen molar-refractivity contribution in [3.05, 3.63) is 78.0 Å². The van der Waals surface area contributed by atoms with Gasteiger partial charge in [-0.25, -0.2) is 8.78 Å². The van der Waals surface area contributed by atoms with E-state index in [2.05, 4.69) is 4.98 Å². The van der Waals surface area contributed by atoms with Crippen molar-refractivity contribution >= 4 is 16.7 Å². The van der Waals surface area contributed by atoms with Crippen molar-refractivity contribution in [2.45, 2.75) is 18.8 Å². The topological polar surface area (TPSA) is 30.0 Å². The van der Waals surface area contributed by atoms with E-state index < -0.39 is 18.8 Å². The number of ketones is 1. The quantitative estimate of drug-likeness (QED) is 0.630. The number of carbonyl (C=O) groups excluding carboxylic acids is 1. The fraction of sp³-hybridized carbons (Fsp3) is 0.158. The number of benzene rings is 2. The molecule has 0 spiro atoms. The maximum atomic E-state index is 13.1. The van der Waals surface area contributed by atoms with Crippen LogP contribution in [0.3, 0.4) is 0 Å². The summed E-state index contributed by atoms with van der Waals surface area (Å²) in [4.78, 5) is 17.0. The van der Waals surface area contributed by atoms with Gasteiger partial charge in [-0.05, 0) is 17.7 Å². The van der Waals surface area contributed by atoms with Crippen LogP contribution in [-0.4, -0.2) is 17.2 Å². The number of pyridine rings is 1. The Hall–Kier alpha value is -2.62. The van der Waals surface area contributed by atoms with E-state index >= 15 is 0 Å². The fourth-order valence-electron chi connectivity index (χ4n) is 2.79. The SMILES string of the molecule is O=C(c1ccccc1)C(CC(F)F)c1cccc2ncccc12. The maximum absolute atomic E-state index is 13.1. The molecule has 0 fully saturated rings. The second-order valence-corrected chi connectivity index (χ2v) is 5.33. The second-order valence-electron chi connectivity index (χ2n) is 5.33. The van der Waals surface area contributed by atoms with Gasteiger partial charge in [0.25, 0.3) is 0 Å². The summed E-state index contributed by atoms with van der Waals surface area (Å²) in [5.74, 6) is -1.17. The van der Waals surface area contributed by atoms with E-state index in [1.165, 1.54) is 0 Å². The van der Waals surface area contributed by atoms with Crippen molar-refractivity contribution in [1.82, 2.24) is 4.98 Å². The van der Waals surface area contributed by atoms with Gasteiger partial charge in [-0.2, -0.15) is 0 Å². The number of Topliss-reactive ketones (excluding diaryl/α,β-unsaturated/α-hetero) is 1. The number of carbonyl (C=O) groups is 1. The number of rotatable bonds is 5. The number of hydrogen-bond donors (Lipinski definition) is 0. The Morgan fingerprint density at radius 2 is 1.74 bits per heavy atom. The van der Waals surface area contributed by atoms with E-state index in [1.807, 2.05) is 12.1 Å². The number of nitrogens with zero attached hydrogens (tertiary/aromatic N) is 1. The van der Waals surface area contributed by atoms with E-state index in [-0.39, 0.29) is 5.78 Å². The van der Waals surface area contributed by atoms with Gasteiger partial charge in [0, 0.05) is 23.6 Å². The van der Waals surface area contributed by atoms with Gasteiger partial charge in [0.1, 0.15) is 0 Å². The van der Waals surface area contributed by atoms with Crippen LogP contribution in [0.2, 0.25) is 0 Å². The highest BCUT2D eigenvalue weighted by Gasteiger charge is 2.27. The van der Waals surface area contributed by atoms with Crippen LogP contribution in [0.5, 0.6) is 0 Å². The standard InChI is InChI=1S/C19H15F2NO/c20-18(21)12-16(19(23)13-6-2-1-3-7-13)14-8-4-10-17-15(14)9-5-11-22-17/h1-11,16,18H,12H2. The van der Waals surface area contributed by atoms with E-state index in [4.69, 9.17) is 0 Å². The molecule has 0 aliphatic heterocycles. The number of alkyl halides is 2. The molecule has 4 heteroatoms. The number of aromatic nitrogens is 1. The van der Waals surface area contributed by atoms with E-state index in [1.54, 1.807) is 54.7 Å². The highest BCUT2D eigenvalue weighted by molar-refractivity contribution is 6.03. The summed E-state index contributed by atoms with van der Waals surface area (Å²) in [6.45, 7) is 0. The van der Waals surface area contributed by atoms with Gasteiger partial charge in [0.15, 0.2) is 5.78 Å². The van der Waals surface area contributed by atoms with Crippen LogP contribution in [-0.2, 0) is 0 Å². The minimum absolute atomic E-state index is 0.290. The molecule has 0 N–H and O–H groups in total. The predicted octanol–water partition coefficient (Wildman–Crippen LogP) is 4.86. The number of fused-ring (bicyclic) bond motifs is 1. The van der Waals surface area contributed by atoms with Crippen LogP contribution in [0, 0.1) is 0 Å². The molecule has 0 bridgehead atoms. The van der Waals surface area contributed by atoms with Crippen LogP contribution >= 0.6 is 0 Å². The first kappa shape index (κ1) is 15.3. The first-order valence-corrected chi connectivity index (χ1v) is 7.38. The summed E-state index contributed by atoms with van der Waals surface area (Å²) in [6.07, 6.45) is -1.41. The van der Waals surface area contributed by atoms with Gasteiger partial charge in [0.05, 0.1) is 11.4 Å². The number of halogens is 2. The Labute approximate surface area is 132 Å². The third kappa shape index (κ3) is 3.26. The molecule has 0 radical (unpaired) electrons. The fourth-order valence-corrected chi connectivity index (χ4v) is 2.79. The minimum Gasteiger partial charge on any atom is -0.293 e. The van der Waals surface area contributed by atoms with Crippen molar-refractivity contribution < 1.29 is 13.6 Å². The average Bonchev–Trinajstić information content (AvgIpc) is 2.59. The second kappa shape index (κ2) is 6.65. The Bertz CT molecular complexity index is 812. The van der Waals surface area contributed by atoms with Crippen LogP contribution in [0.4, 0.5) is 8.78 Å². The molecular formula is C19H15F2NO. The normalized spacial score (nSPS) is 12.5. The Morgan fingerprint density at radius 1 is 0.957 bits per heavy atom. The van der Waals surface area contributed by atoms with Crippen LogP contribution in [0.25, 0.3) is 10.9 Å². The number of hydrogen-bond acceptors (Lipinski definition) is 2. The van der Waals surface area contributed by atoms with Gasteiger partial charge in [-0.3, -0.25) is 9.78 Å². The van der Waals surface area contributed by atoms with Crippen molar-refractivity contribution in [2.75, 3.05) is 0 Å². The van der Waals surface area contributed by atoms with Crippen molar-refractivity contribution in [3.8, 4) is 0 Å². The predicted molar refractivity (Wildman–Crippen MR) is 85.9 cm³/mol. The molecule has 2 nitrogen and oxygen atoms in total. The van der Waals surface area contributed by atoms with Gasteiger partial charge in [-0.1, -0.05) is 48.5 Å². The van der Waals surface area contributed by atoms with Crippen LogP contribution in [0.15, 0.2) is 66.9 Å². The summed E-state index contributed by atoms with van der Waals surface area (Å²) < 4.78 is 26.2. The molecule has 3 aromatic rings. The Balaban J connectivity index is 2.10. The molecule has 2 aromatic carbocycles. The highest BCUT2D eigenvalue weighted by atomic mass is 19.3. The molecular weight excluding hydrogens is 296 g/mol. The lowest BCUT2D eigenvalue weighted by Gasteiger charge is -2.18. The average molecular weight is 311 g/mol. The van der Waals surface area contributed by atoms with Gasteiger partial charge < -0.3 is 0 Å². The molecule has 0 saturated heterocycles. The van der Waals surface area contributed by atoms with Gasteiger partial charge in [0.2, 0.25) is 6.43 Å². The molecule has 3 rings (SSSR count).